The van der Waals surface area contributed by atoms with Crippen LogP contribution in [0.25, 0.3) is 0 Å². The molecule has 0 unspecified atom stereocenters. The predicted octanol–water partition coefficient (Wildman–Crippen LogP) is 0.860. The van der Waals surface area contributed by atoms with E-state index in [0.29, 0.717) is 5.75 Å². The van der Waals surface area contributed by atoms with E-state index in [2.05, 4.69) is 10.3 Å². The lowest BCUT2D eigenvalue weighted by Crippen LogP contribution is -2.24. The van der Waals surface area contributed by atoms with E-state index >= 15 is 0 Å². The fraction of sp³-hybridized carbons (Fsp3) is 0.250. The minimum atomic E-state index is -0.208. The number of carbonyl (C=O) groups is 1. The molecule has 1 rings (SSSR count). The molecule has 0 radical (unpaired) electrons. The number of halogens is 1. The van der Waals surface area contributed by atoms with E-state index < -0.39 is 0 Å². The molecule has 0 saturated carbocycles. The van der Waals surface area contributed by atoms with Crippen LogP contribution in [0, 0.1) is 0 Å². The number of nitrogens with one attached hydrogen (secondary N) is 1. The van der Waals surface area contributed by atoms with E-state index in [1.54, 1.807) is 18.3 Å². The minimum absolute atomic E-state index is 0.0537. The maximum absolute atomic E-state index is 10.8. The Morgan fingerprint density at radius 1 is 1.77 bits per heavy atom. The first-order valence-corrected chi connectivity index (χ1v) is 4.05. The normalized spacial score (nSPS) is 9.38. The van der Waals surface area contributed by atoms with Gasteiger partial charge in [-0.15, -0.1) is 0 Å². The highest BCUT2D eigenvalue weighted by atomic mass is 35.5. The third-order valence-electron chi connectivity index (χ3n) is 1.36. The van der Waals surface area contributed by atoms with Crippen LogP contribution in [0.2, 0.25) is 5.15 Å². The van der Waals surface area contributed by atoms with Gasteiger partial charge in [0, 0.05) is 13.2 Å². The molecule has 0 aliphatic heterocycles. The van der Waals surface area contributed by atoms with Crippen LogP contribution in [0.3, 0.4) is 0 Å². The molecule has 0 atom stereocenters. The highest BCUT2D eigenvalue weighted by Gasteiger charge is 2.03. The van der Waals surface area contributed by atoms with Gasteiger partial charge in [0.15, 0.2) is 17.5 Å². The van der Waals surface area contributed by atoms with Gasteiger partial charge in [0.1, 0.15) is 0 Å². The molecule has 0 saturated heterocycles. The van der Waals surface area contributed by atoms with Gasteiger partial charge in [-0.05, 0) is 12.1 Å². The van der Waals surface area contributed by atoms with Crippen LogP contribution in [0.5, 0.6) is 5.75 Å². The van der Waals surface area contributed by atoms with E-state index in [4.69, 9.17) is 16.3 Å². The average Bonchev–Trinajstić information content (AvgIpc) is 2.16. The molecule has 1 aromatic heterocycles. The standard InChI is InChI=1S/C8H9ClN2O2/c1-10-7(12)5-13-6-3-2-4-11-8(6)9/h2-4H,5H2,1H3,(H,10,12). The number of rotatable bonds is 3. The number of nitrogens with zero attached hydrogens (tertiary/aromatic N) is 1. The Morgan fingerprint density at radius 2 is 2.54 bits per heavy atom. The topological polar surface area (TPSA) is 51.2 Å². The molecule has 5 heteroatoms. The zero-order valence-electron chi connectivity index (χ0n) is 7.08. The molecule has 0 spiro atoms. The maximum atomic E-state index is 10.8. The average molecular weight is 201 g/mol. The second-order valence-electron chi connectivity index (χ2n) is 2.25. The summed E-state index contributed by atoms with van der Waals surface area (Å²) in [5, 5.41) is 2.68. The van der Waals surface area contributed by atoms with Crippen molar-refractivity contribution in [3.8, 4) is 5.75 Å². The summed E-state index contributed by atoms with van der Waals surface area (Å²) in [5.74, 6) is 0.202. The van der Waals surface area contributed by atoms with E-state index in [1.165, 1.54) is 7.05 Å². The third kappa shape index (κ3) is 2.91. The van der Waals surface area contributed by atoms with Gasteiger partial charge in [0.2, 0.25) is 0 Å². The van der Waals surface area contributed by atoms with Gasteiger partial charge in [0.25, 0.3) is 5.91 Å². The molecule has 1 heterocycles. The monoisotopic (exact) mass is 200 g/mol. The lowest BCUT2D eigenvalue weighted by molar-refractivity contribution is -0.122. The van der Waals surface area contributed by atoms with E-state index in [9.17, 15) is 4.79 Å². The van der Waals surface area contributed by atoms with Gasteiger partial charge in [-0.1, -0.05) is 11.6 Å². The van der Waals surface area contributed by atoms with Crippen LogP contribution in [-0.4, -0.2) is 24.5 Å². The summed E-state index contributed by atoms with van der Waals surface area (Å²) in [6, 6.07) is 3.34. The zero-order valence-corrected chi connectivity index (χ0v) is 7.84. The maximum Gasteiger partial charge on any atom is 0.257 e. The number of amides is 1. The number of ether oxygens (including phenoxy) is 1. The van der Waals surface area contributed by atoms with Gasteiger partial charge in [-0.3, -0.25) is 4.79 Å². The van der Waals surface area contributed by atoms with Crippen molar-refractivity contribution in [1.82, 2.24) is 10.3 Å². The van der Waals surface area contributed by atoms with Gasteiger partial charge < -0.3 is 10.1 Å². The molecule has 0 bridgehead atoms. The van der Waals surface area contributed by atoms with Crippen molar-refractivity contribution in [3.63, 3.8) is 0 Å². The molecule has 4 nitrogen and oxygen atoms in total. The van der Waals surface area contributed by atoms with E-state index in [0.717, 1.165) is 0 Å². The fourth-order valence-electron chi connectivity index (χ4n) is 0.694. The molecule has 13 heavy (non-hydrogen) atoms. The van der Waals surface area contributed by atoms with Gasteiger partial charge in [-0.25, -0.2) is 4.98 Å². The molecule has 0 fully saturated rings. The van der Waals surface area contributed by atoms with Crippen molar-refractivity contribution in [3.05, 3.63) is 23.5 Å². The van der Waals surface area contributed by atoms with Crippen LogP contribution in [0.4, 0.5) is 0 Å². The first kappa shape index (κ1) is 9.80. The summed E-state index contributed by atoms with van der Waals surface area (Å²) >= 11 is 5.68. The predicted molar refractivity (Wildman–Crippen MR) is 48.8 cm³/mol. The highest BCUT2D eigenvalue weighted by Crippen LogP contribution is 2.19. The lowest BCUT2D eigenvalue weighted by atomic mass is 10.4. The SMILES string of the molecule is CNC(=O)COc1cccnc1Cl. The smallest absolute Gasteiger partial charge is 0.257 e. The first-order chi connectivity index (χ1) is 6.24. The van der Waals surface area contributed by atoms with Crippen molar-refractivity contribution in [2.45, 2.75) is 0 Å². The molecule has 0 aliphatic carbocycles. The number of pyridine rings is 1. The first-order valence-electron chi connectivity index (χ1n) is 3.68. The molecule has 0 aromatic carbocycles. The largest absolute Gasteiger partial charge is 0.481 e. The summed E-state index contributed by atoms with van der Waals surface area (Å²) in [6.45, 7) is -0.0537. The van der Waals surface area contributed by atoms with Crippen LogP contribution in [0.1, 0.15) is 0 Å². The number of carbonyl (C=O) groups excluding carboxylic acids is 1. The summed E-state index contributed by atoms with van der Waals surface area (Å²) < 4.78 is 5.08. The molecule has 1 aromatic rings. The van der Waals surface area contributed by atoms with Gasteiger partial charge >= 0.3 is 0 Å². The van der Waals surface area contributed by atoms with Crippen molar-refractivity contribution in [2.75, 3.05) is 13.7 Å². The lowest BCUT2D eigenvalue weighted by Gasteiger charge is -2.05. The Labute approximate surface area is 80.9 Å². The Morgan fingerprint density at radius 3 is 3.15 bits per heavy atom. The third-order valence-corrected chi connectivity index (χ3v) is 1.65. The number of likely N-dealkylation sites (N-methyl/N-ethyl adjacent to an activating group) is 1. The Bertz CT molecular complexity index is 304. The highest BCUT2D eigenvalue weighted by molar-refractivity contribution is 6.30. The van der Waals surface area contributed by atoms with Crippen LogP contribution < -0.4 is 10.1 Å². The molecule has 70 valence electrons. The molecule has 0 aliphatic rings. The van der Waals surface area contributed by atoms with Gasteiger partial charge in [0.05, 0.1) is 0 Å². The summed E-state index contributed by atoms with van der Waals surface area (Å²) in [7, 11) is 1.54. The summed E-state index contributed by atoms with van der Waals surface area (Å²) in [4.78, 5) is 14.6. The number of aromatic nitrogens is 1. The molecular weight excluding hydrogens is 192 g/mol. The molecule has 1 N–H and O–H groups in total. The van der Waals surface area contributed by atoms with Crippen molar-refractivity contribution in [1.29, 1.82) is 0 Å². The Hall–Kier alpha value is -1.29. The van der Waals surface area contributed by atoms with Crippen molar-refractivity contribution < 1.29 is 9.53 Å². The van der Waals surface area contributed by atoms with Crippen molar-refractivity contribution in [2.24, 2.45) is 0 Å². The fourth-order valence-corrected chi connectivity index (χ4v) is 0.868. The summed E-state index contributed by atoms with van der Waals surface area (Å²) in [6.07, 6.45) is 1.55. The minimum Gasteiger partial charge on any atom is -0.481 e. The Balaban J connectivity index is 2.54. The zero-order chi connectivity index (χ0) is 9.68. The van der Waals surface area contributed by atoms with Crippen LogP contribution >= 0.6 is 11.6 Å². The van der Waals surface area contributed by atoms with E-state index in [-0.39, 0.29) is 17.7 Å². The van der Waals surface area contributed by atoms with Gasteiger partial charge in [-0.2, -0.15) is 0 Å². The second-order valence-corrected chi connectivity index (χ2v) is 2.61. The van der Waals surface area contributed by atoms with Crippen LogP contribution in [0.15, 0.2) is 18.3 Å². The quantitative estimate of drug-likeness (QED) is 0.737. The van der Waals surface area contributed by atoms with Crippen LogP contribution in [-0.2, 0) is 4.79 Å². The molecular formula is C8H9ClN2O2. The molecule has 1 amide bonds. The summed E-state index contributed by atoms with van der Waals surface area (Å²) in [5.41, 5.74) is 0. The number of hydrogen-bond acceptors (Lipinski definition) is 3. The number of hydrogen-bond donors (Lipinski definition) is 1. The van der Waals surface area contributed by atoms with Crippen molar-refractivity contribution >= 4 is 17.5 Å². The second kappa shape index (κ2) is 4.67. The van der Waals surface area contributed by atoms with E-state index in [1.807, 2.05) is 0 Å². The Kier molecular flexibility index (Phi) is 3.52.